The highest BCUT2D eigenvalue weighted by Crippen LogP contribution is 2.29. The summed E-state index contributed by atoms with van der Waals surface area (Å²) in [6, 6.07) is 8.78. The van der Waals surface area contributed by atoms with Gasteiger partial charge in [0, 0.05) is 25.1 Å². The number of benzene rings is 1. The lowest BCUT2D eigenvalue weighted by Gasteiger charge is -2.25. The summed E-state index contributed by atoms with van der Waals surface area (Å²) in [5.74, 6) is 0.820. The maximum absolute atomic E-state index is 12.6. The van der Waals surface area contributed by atoms with Gasteiger partial charge in [-0.1, -0.05) is 29.8 Å². The quantitative estimate of drug-likeness (QED) is 0.825. The van der Waals surface area contributed by atoms with Crippen molar-refractivity contribution in [2.45, 2.75) is 38.6 Å². The second-order valence-electron chi connectivity index (χ2n) is 6.17. The Kier molecular flexibility index (Phi) is 4.06. The van der Waals surface area contributed by atoms with Crippen molar-refractivity contribution in [3.8, 4) is 0 Å². The summed E-state index contributed by atoms with van der Waals surface area (Å²) >= 11 is 0. The van der Waals surface area contributed by atoms with E-state index >= 15 is 0 Å². The smallest absolute Gasteiger partial charge is 0.227 e. The summed E-state index contributed by atoms with van der Waals surface area (Å²) in [6.07, 6.45) is 3.98. The number of hydrogen-bond donors (Lipinski definition) is 0. The van der Waals surface area contributed by atoms with Crippen LogP contribution in [-0.4, -0.2) is 36.6 Å². The zero-order valence-corrected chi connectivity index (χ0v) is 12.2. The molecule has 1 aliphatic heterocycles. The standard InChI is InChI=1S/C17H23NO2/c1-13-2-4-14(5-3-13)10-17(19)18(16-6-7-16)11-15-8-9-20-12-15/h2-5,15-16H,6-12H2,1H3. The molecule has 1 amide bonds. The number of hydrogen-bond acceptors (Lipinski definition) is 2. The van der Waals surface area contributed by atoms with E-state index in [4.69, 9.17) is 4.74 Å². The number of carbonyl (C=O) groups excluding carboxylic acids is 1. The Balaban J connectivity index is 1.61. The first-order valence-electron chi connectivity index (χ1n) is 7.65. The van der Waals surface area contributed by atoms with Crippen LogP contribution in [0, 0.1) is 12.8 Å². The Morgan fingerprint density at radius 1 is 1.25 bits per heavy atom. The van der Waals surface area contributed by atoms with E-state index in [2.05, 4.69) is 36.1 Å². The van der Waals surface area contributed by atoms with Gasteiger partial charge in [-0.2, -0.15) is 0 Å². The van der Waals surface area contributed by atoms with Gasteiger partial charge in [-0.3, -0.25) is 4.79 Å². The van der Waals surface area contributed by atoms with Gasteiger partial charge in [0.2, 0.25) is 5.91 Å². The Bertz CT molecular complexity index is 458. The van der Waals surface area contributed by atoms with Crippen molar-refractivity contribution < 1.29 is 9.53 Å². The van der Waals surface area contributed by atoms with Crippen molar-refractivity contribution in [1.29, 1.82) is 0 Å². The van der Waals surface area contributed by atoms with Crippen molar-refractivity contribution in [1.82, 2.24) is 4.90 Å². The van der Waals surface area contributed by atoms with Crippen molar-refractivity contribution >= 4 is 5.91 Å². The molecule has 2 aliphatic rings. The van der Waals surface area contributed by atoms with Gasteiger partial charge in [0.05, 0.1) is 13.0 Å². The molecule has 1 aliphatic carbocycles. The summed E-state index contributed by atoms with van der Waals surface area (Å²) < 4.78 is 5.43. The second kappa shape index (κ2) is 5.96. The van der Waals surface area contributed by atoms with Gasteiger partial charge in [0.1, 0.15) is 0 Å². The third-order valence-electron chi connectivity index (χ3n) is 4.26. The Labute approximate surface area is 120 Å². The van der Waals surface area contributed by atoms with Crippen LogP contribution in [0.15, 0.2) is 24.3 Å². The van der Waals surface area contributed by atoms with Crippen molar-refractivity contribution in [3.05, 3.63) is 35.4 Å². The monoisotopic (exact) mass is 273 g/mol. The molecule has 20 heavy (non-hydrogen) atoms. The molecule has 0 N–H and O–H groups in total. The molecule has 2 fully saturated rings. The van der Waals surface area contributed by atoms with Gasteiger partial charge >= 0.3 is 0 Å². The molecule has 1 saturated carbocycles. The van der Waals surface area contributed by atoms with E-state index in [1.165, 1.54) is 18.4 Å². The fourth-order valence-corrected chi connectivity index (χ4v) is 2.83. The molecule has 3 nitrogen and oxygen atoms in total. The Morgan fingerprint density at radius 2 is 2.00 bits per heavy atom. The first kappa shape index (κ1) is 13.6. The van der Waals surface area contributed by atoms with Crippen molar-refractivity contribution in [3.63, 3.8) is 0 Å². The summed E-state index contributed by atoms with van der Waals surface area (Å²) in [5, 5.41) is 0. The number of carbonyl (C=O) groups is 1. The SMILES string of the molecule is Cc1ccc(CC(=O)N(CC2CCOC2)C2CC2)cc1. The topological polar surface area (TPSA) is 29.5 Å². The Hall–Kier alpha value is -1.35. The fourth-order valence-electron chi connectivity index (χ4n) is 2.83. The van der Waals surface area contributed by atoms with Gasteiger partial charge in [0.15, 0.2) is 0 Å². The molecule has 1 aromatic carbocycles. The van der Waals surface area contributed by atoms with Gasteiger partial charge in [-0.15, -0.1) is 0 Å². The number of ether oxygens (including phenoxy) is 1. The van der Waals surface area contributed by atoms with E-state index in [9.17, 15) is 4.79 Å². The lowest BCUT2D eigenvalue weighted by Crippen LogP contribution is -2.38. The third-order valence-corrected chi connectivity index (χ3v) is 4.26. The van der Waals surface area contributed by atoms with E-state index in [0.717, 1.165) is 31.7 Å². The van der Waals surface area contributed by atoms with Crippen LogP contribution in [-0.2, 0) is 16.0 Å². The molecule has 108 valence electrons. The first-order chi connectivity index (χ1) is 9.72. The minimum atomic E-state index is 0.281. The molecule has 1 unspecified atom stereocenters. The summed E-state index contributed by atoms with van der Waals surface area (Å²) in [7, 11) is 0. The lowest BCUT2D eigenvalue weighted by atomic mass is 10.1. The van der Waals surface area contributed by atoms with Gasteiger partial charge in [-0.25, -0.2) is 0 Å². The van der Waals surface area contributed by atoms with Crippen LogP contribution in [0.2, 0.25) is 0 Å². The number of amides is 1. The largest absolute Gasteiger partial charge is 0.381 e. The van der Waals surface area contributed by atoms with Crippen LogP contribution < -0.4 is 0 Å². The van der Waals surface area contributed by atoms with Crippen LogP contribution in [0.3, 0.4) is 0 Å². The molecular formula is C17H23NO2. The zero-order valence-electron chi connectivity index (χ0n) is 12.2. The third kappa shape index (κ3) is 3.40. The van der Waals surface area contributed by atoms with Crippen LogP contribution in [0.4, 0.5) is 0 Å². The first-order valence-corrected chi connectivity index (χ1v) is 7.65. The number of aryl methyl sites for hydroxylation is 1. The molecule has 1 saturated heterocycles. The normalized spacial score (nSPS) is 21.9. The molecule has 0 radical (unpaired) electrons. The average molecular weight is 273 g/mol. The molecule has 1 aromatic rings. The van der Waals surface area contributed by atoms with Crippen molar-refractivity contribution in [2.24, 2.45) is 5.92 Å². The highest BCUT2D eigenvalue weighted by atomic mass is 16.5. The van der Waals surface area contributed by atoms with E-state index < -0.39 is 0 Å². The summed E-state index contributed by atoms with van der Waals surface area (Å²) in [4.78, 5) is 14.7. The van der Waals surface area contributed by atoms with Crippen LogP contribution in [0.5, 0.6) is 0 Å². The van der Waals surface area contributed by atoms with Gasteiger partial charge in [-0.05, 0) is 31.7 Å². The predicted molar refractivity (Wildman–Crippen MR) is 78.5 cm³/mol. The second-order valence-corrected chi connectivity index (χ2v) is 6.17. The molecule has 3 heteroatoms. The number of nitrogens with zero attached hydrogens (tertiary/aromatic N) is 1. The maximum atomic E-state index is 12.6. The van der Waals surface area contributed by atoms with E-state index in [-0.39, 0.29) is 5.91 Å². The average Bonchev–Trinajstić information content (AvgIpc) is 3.15. The minimum Gasteiger partial charge on any atom is -0.381 e. The molecule has 3 rings (SSSR count). The van der Waals surface area contributed by atoms with E-state index in [0.29, 0.717) is 18.4 Å². The molecule has 0 aromatic heterocycles. The van der Waals surface area contributed by atoms with Gasteiger partial charge < -0.3 is 9.64 Å². The fraction of sp³-hybridized carbons (Fsp3) is 0.588. The molecule has 1 atom stereocenters. The summed E-state index contributed by atoms with van der Waals surface area (Å²) in [6.45, 7) is 4.63. The van der Waals surface area contributed by atoms with E-state index in [1.807, 2.05) is 0 Å². The van der Waals surface area contributed by atoms with Crippen molar-refractivity contribution in [2.75, 3.05) is 19.8 Å². The number of rotatable bonds is 5. The molecule has 0 bridgehead atoms. The van der Waals surface area contributed by atoms with Crippen LogP contribution >= 0.6 is 0 Å². The molecular weight excluding hydrogens is 250 g/mol. The zero-order chi connectivity index (χ0) is 13.9. The van der Waals surface area contributed by atoms with Crippen LogP contribution in [0.25, 0.3) is 0 Å². The molecule has 0 spiro atoms. The van der Waals surface area contributed by atoms with Crippen LogP contribution in [0.1, 0.15) is 30.4 Å². The predicted octanol–water partition coefficient (Wildman–Crippen LogP) is 2.57. The molecule has 1 heterocycles. The summed E-state index contributed by atoms with van der Waals surface area (Å²) in [5.41, 5.74) is 2.36. The highest BCUT2D eigenvalue weighted by molar-refractivity contribution is 5.79. The minimum absolute atomic E-state index is 0.281. The maximum Gasteiger partial charge on any atom is 0.227 e. The lowest BCUT2D eigenvalue weighted by molar-refractivity contribution is -0.131. The Morgan fingerprint density at radius 3 is 2.60 bits per heavy atom. The van der Waals surface area contributed by atoms with Gasteiger partial charge in [0.25, 0.3) is 0 Å². The highest BCUT2D eigenvalue weighted by Gasteiger charge is 2.34. The van der Waals surface area contributed by atoms with E-state index in [1.54, 1.807) is 0 Å².